The maximum Gasteiger partial charge on any atom is 0.351 e. The fourth-order valence-corrected chi connectivity index (χ4v) is 1.18. The van der Waals surface area contributed by atoms with Gasteiger partial charge in [-0.2, -0.15) is 0 Å². The van der Waals surface area contributed by atoms with Crippen LogP contribution in [0.25, 0.3) is 0 Å². The van der Waals surface area contributed by atoms with Crippen LogP contribution in [0.3, 0.4) is 0 Å². The molecule has 0 aliphatic heterocycles. The van der Waals surface area contributed by atoms with Crippen LogP contribution >= 0.6 is 7.60 Å². The molecular formula is C9H17O3P. The second-order valence-corrected chi connectivity index (χ2v) is 4.38. The Balaban J connectivity index is 3.46. The highest BCUT2D eigenvalue weighted by Gasteiger charge is 2.11. The van der Waals surface area contributed by atoms with Gasteiger partial charge in [-0.15, -0.1) is 0 Å². The standard InChI is InChI=1S/C9H17O3P/c1-3-5-6-7-8-9-12-13(10,11)4-2/h4,6-7H,2-3,5,8-9H2,1H3,(H,10,11)/b7-6-. The molecule has 0 fully saturated rings. The molecule has 0 aromatic rings. The third-order valence-corrected chi connectivity index (χ3v) is 2.43. The van der Waals surface area contributed by atoms with Crippen molar-refractivity contribution in [3.63, 3.8) is 0 Å². The molecule has 0 aromatic carbocycles. The molecule has 0 radical (unpaired) electrons. The van der Waals surface area contributed by atoms with Gasteiger partial charge in [-0.25, -0.2) is 0 Å². The van der Waals surface area contributed by atoms with Crippen molar-refractivity contribution < 1.29 is 14.0 Å². The van der Waals surface area contributed by atoms with E-state index in [-0.39, 0.29) is 6.61 Å². The summed E-state index contributed by atoms with van der Waals surface area (Å²) in [6, 6.07) is 0. The molecule has 0 saturated heterocycles. The molecule has 76 valence electrons. The van der Waals surface area contributed by atoms with Gasteiger partial charge in [0, 0.05) is 5.82 Å². The van der Waals surface area contributed by atoms with Gasteiger partial charge in [-0.05, 0) is 12.8 Å². The van der Waals surface area contributed by atoms with Crippen LogP contribution < -0.4 is 0 Å². The molecule has 0 rings (SSSR count). The Bertz CT molecular complexity index is 211. The van der Waals surface area contributed by atoms with E-state index in [0.717, 1.165) is 18.7 Å². The molecule has 3 nitrogen and oxygen atoms in total. The molecule has 0 spiro atoms. The highest BCUT2D eigenvalue weighted by molar-refractivity contribution is 7.56. The second kappa shape index (κ2) is 7.07. The average Bonchev–Trinajstić information content (AvgIpc) is 2.11. The lowest BCUT2D eigenvalue weighted by Crippen LogP contribution is -1.88. The van der Waals surface area contributed by atoms with E-state index in [1.807, 2.05) is 12.2 Å². The largest absolute Gasteiger partial charge is 0.351 e. The van der Waals surface area contributed by atoms with Crippen molar-refractivity contribution in [2.24, 2.45) is 0 Å². The Labute approximate surface area is 79.7 Å². The third-order valence-electron chi connectivity index (χ3n) is 1.41. The molecule has 0 saturated carbocycles. The van der Waals surface area contributed by atoms with Crippen molar-refractivity contribution in [1.82, 2.24) is 0 Å². The van der Waals surface area contributed by atoms with Gasteiger partial charge in [-0.3, -0.25) is 4.57 Å². The Morgan fingerprint density at radius 1 is 1.46 bits per heavy atom. The molecule has 0 aliphatic rings. The minimum absolute atomic E-state index is 0.264. The Morgan fingerprint density at radius 2 is 2.08 bits per heavy atom. The quantitative estimate of drug-likeness (QED) is 0.394. The van der Waals surface area contributed by atoms with Crippen molar-refractivity contribution in [2.45, 2.75) is 26.2 Å². The van der Waals surface area contributed by atoms with E-state index in [0.29, 0.717) is 6.42 Å². The van der Waals surface area contributed by atoms with Crippen molar-refractivity contribution in [3.8, 4) is 0 Å². The molecule has 0 heterocycles. The first kappa shape index (κ1) is 12.6. The first-order valence-corrected chi connectivity index (χ1v) is 6.02. The van der Waals surface area contributed by atoms with Crippen molar-refractivity contribution in [3.05, 3.63) is 24.5 Å². The smallest absolute Gasteiger partial charge is 0.321 e. The van der Waals surface area contributed by atoms with Crippen LogP contribution in [0.1, 0.15) is 26.2 Å². The van der Waals surface area contributed by atoms with Gasteiger partial charge in [0.05, 0.1) is 6.61 Å². The van der Waals surface area contributed by atoms with Crippen LogP contribution in [0.15, 0.2) is 24.5 Å². The molecule has 4 heteroatoms. The number of hydrogen-bond acceptors (Lipinski definition) is 2. The summed E-state index contributed by atoms with van der Waals surface area (Å²) in [5, 5.41) is 0. The van der Waals surface area contributed by atoms with E-state index in [4.69, 9.17) is 9.42 Å². The van der Waals surface area contributed by atoms with Gasteiger partial charge in [0.2, 0.25) is 0 Å². The molecular weight excluding hydrogens is 187 g/mol. The fraction of sp³-hybridized carbons (Fsp3) is 0.556. The Hall–Kier alpha value is -0.370. The lowest BCUT2D eigenvalue weighted by atomic mass is 10.3. The molecule has 1 atom stereocenters. The Kier molecular flexibility index (Phi) is 6.87. The van der Waals surface area contributed by atoms with Gasteiger partial charge in [0.25, 0.3) is 0 Å². The van der Waals surface area contributed by atoms with Gasteiger partial charge in [-0.1, -0.05) is 32.1 Å². The normalized spacial score (nSPS) is 15.8. The number of hydrogen-bond donors (Lipinski definition) is 1. The molecule has 1 N–H and O–H groups in total. The van der Waals surface area contributed by atoms with Crippen LogP contribution in [-0.2, 0) is 9.09 Å². The van der Waals surface area contributed by atoms with Crippen LogP contribution in [-0.4, -0.2) is 11.5 Å². The predicted molar refractivity (Wildman–Crippen MR) is 54.6 cm³/mol. The van der Waals surface area contributed by atoms with E-state index in [9.17, 15) is 4.57 Å². The first-order valence-electron chi connectivity index (χ1n) is 4.38. The number of allylic oxidation sites excluding steroid dienone is 1. The Morgan fingerprint density at radius 3 is 2.62 bits per heavy atom. The highest BCUT2D eigenvalue weighted by atomic mass is 31.2. The lowest BCUT2D eigenvalue weighted by Gasteiger charge is -2.04. The van der Waals surface area contributed by atoms with Gasteiger partial charge < -0.3 is 9.42 Å². The van der Waals surface area contributed by atoms with E-state index in [1.165, 1.54) is 0 Å². The molecule has 0 bridgehead atoms. The van der Waals surface area contributed by atoms with Gasteiger partial charge in [0.1, 0.15) is 0 Å². The van der Waals surface area contributed by atoms with Crippen LogP contribution in [0.4, 0.5) is 0 Å². The zero-order valence-electron chi connectivity index (χ0n) is 7.98. The average molecular weight is 204 g/mol. The zero-order chi connectivity index (χ0) is 10.2. The fourth-order valence-electron chi connectivity index (χ4n) is 0.707. The minimum Gasteiger partial charge on any atom is -0.321 e. The summed E-state index contributed by atoms with van der Waals surface area (Å²) >= 11 is 0. The molecule has 1 unspecified atom stereocenters. The van der Waals surface area contributed by atoms with Crippen molar-refractivity contribution >= 4 is 7.60 Å². The van der Waals surface area contributed by atoms with Crippen LogP contribution in [0, 0.1) is 0 Å². The summed E-state index contributed by atoms with van der Waals surface area (Å²) in [5.41, 5.74) is 0. The second-order valence-electron chi connectivity index (χ2n) is 2.63. The van der Waals surface area contributed by atoms with E-state index >= 15 is 0 Å². The molecule has 13 heavy (non-hydrogen) atoms. The number of unbranched alkanes of at least 4 members (excludes halogenated alkanes) is 1. The maximum absolute atomic E-state index is 10.9. The summed E-state index contributed by atoms with van der Waals surface area (Å²) in [6.45, 7) is 5.57. The van der Waals surface area contributed by atoms with Crippen molar-refractivity contribution in [2.75, 3.05) is 6.61 Å². The summed E-state index contributed by atoms with van der Waals surface area (Å²) in [4.78, 5) is 8.92. The predicted octanol–water partition coefficient (Wildman–Crippen LogP) is 3.08. The minimum atomic E-state index is -3.50. The SMILES string of the molecule is C=CP(=O)(O)OCC/C=C\CCC. The summed E-state index contributed by atoms with van der Waals surface area (Å²) in [6.07, 6.45) is 6.81. The molecule has 0 aliphatic carbocycles. The summed E-state index contributed by atoms with van der Waals surface area (Å²) in [7, 11) is -3.50. The van der Waals surface area contributed by atoms with E-state index in [1.54, 1.807) is 0 Å². The summed E-state index contributed by atoms with van der Waals surface area (Å²) in [5.74, 6) is 0.947. The molecule has 0 amide bonds. The maximum atomic E-state index is 10.9. The van der Waals surface area contributed by atoms with Gasteiger partial charge >= 0.3 is 7.60 Å². The molecule has 0 aromatic heterocycles. The van der Waals surface area contributed by atoms with Crippen LogP contribution in [0.5, 0.6) is 0 Å². The number of rotatable bonds is 7. The zero-order valence-corrected chi connectivity index (χ0v) is 8.87. The monoisotopic (exact) mass is 204 g/mol. The van der Waals surface area contributed by atoms with Gasteiger partial charge in [0.15, 0.2) is 0 Å². The van der Waals surface area contributed by atoms with Crippen LogP contribution in [0.2, 0.25) is 0 Å². The lowest BCUT2D eigenvalue weighted by molar-refractivity contribution is 0.273. The third kappa shape index (κ3) is 7.97. The topological polar surface area (TPSA) is 46.5 Å². The van der Waals surface area contributed by atoms with Crippen molar-refractivity contribution in [1.29, 1.82) is 0 Å². The van der Waals surface area contributed by atoms with E-state index < -0.39 is 7.60 Å². The first-order chi connectivity index (χ1) is 6.12. The summed E-state index contributed by atoms with van der Waals surface area (Å²) < 4.78 is 15.6. The van der Waals surface area contributed by atoms with E-state index in [2.05, 4.69) is 13.5 Å². The highest BCUT2D eigenvalue weighted by Crippen LogP contribution is 2.42.